The van der Waals surface area contributed by atoms with Crippen LogP contribution in [-0.4, -0.2) is 5.11 Å². The summed E-state index contributed by atoms with van der Waals surface area (Å²) in [5.74, 6) is 0.293. The van der Waals surface area contributed by atoms with Crippen LogP contribution in [0, 0.1) is 0 Å². The molecule has 2 aromatic carbocycles. The molecular formula is C19H18INO. The van der Waals surface area contributed by atoms with E-state index in [1.807, 2.05) is 12.1 Å². The highest BCUT2D eigenvalue weighted by Crippen LogP contribution is 2.18. The molecule has 0 spiro atoms. The summed E-state index contributed by atoms with van der Waals surface area (Å²) in [6, 6.07) is 17.8. The summed E-state index contributed by atoms with van der Waals surface area (Å²) in [4.78, 5) is 0. The minimum absolute atomic E-state index is 0. The number of halogens is 1. The van der Waals surface area contributed by atoms with Gasteiger partial charge in [0.25, 0.3) is 0 Å². The van der Waals surface area contributed by atoms with Crippen LogP contribution in [0.3, 0.4) is 0 Å². The first kappa shape index (κ1) is 16.5. The monoisotopic (exact) mass is 403 g/mol. The third kappa shape index (κ3) is 3.47. The lowest BCUT2D eigenvalue weighted by Gasteiger charge is -2.02. The van der Waals surface area contributed by atoms with Gasteiger partial charge in [-0.25, -0.2) is 0 Å². The van der Waals surface area contributed by atoms with E-state index >= 15 is 0 Å². The molecule has 0 aliphatic rings. The number of pyridine rings is 1. The lowest BCUT2D eigenvalue weighted by atomic mass is 10.1. The molecule has 2 nitrogen and oxygen atoms in total. The van der Waals surface area contributed by atoms with Crippen molar-refractivity contribution in [1.29, 1.82) is 0 Å². The van der Waals surface area contributed by atoms with E-state index in [1.54, 1.807) is 12.1 Å². The maximum absolute atomic E-state index is 9.31. The van der Waals surface area contributed by atoms with Crippen LogP contribution in [0.25, 0.3) is 23.1 Å². The second-order valence-electron chi connectivity index (χ2n) is 5.00. The van der Waals surface area contributed by atoms with E-state index in [0.717, 1.165) is 12.1 Å². The number of phenols is 1. The molecule has 1 heterocycles. The molecule has 1 N–H and O–H groups in total. The first-order valence-electron chi connectivity index (χ1n) is 7.16. The van der Waals surface area contributed by atoms with Crippen molar-refractivity contribution in [2.24, 2.45) is 0 Å². The van der Waals surface area contributed by atoms with Crippen molar-refractivity contribution in [3.05, 3.63) is 71.9 Å². The summed E-state index contributed by atoms with van der Waals surface area (Å²) >= 11 is 0. The standard InChI is InChI=1S/C19H17NO.HI/c1-2-20-14-13-16(18-5-3-4-6-19(18)20)10-7-15-8-11-17(21)12-9-15;/h3-14H,2H2,1H3;1H. The predicted molar refractivity (Wildman–Crippen MR) is 86.9 cm³/mol. The van der Waals surface area contributed by atoms with E-state index in [-0.39, 0.29) is 24.0 Å². The number of aromatic hydroxyl groups is 1. The molecule has 0 saturated heterocycles. The molecule has 0 unspecified atom stereocenters. The molecule has 0 amide bonds. The van der Waals surface area contributed by atoms with Crippen molar-refractivity contribution >= 4 is 23.1 Å². The lowest BCUT2D eigenvalue weighted by Crippen LogP contribution is -3.00. The molecule has 1 aromatic heterocycles. The Morgan fingerprint density at radius 1 is 0.955 bits per heavy atom. The molecule has 3 rings (SSSR count). The van der Waals surface area contributed by atoms with Gasteiger partial charge in [0.05, 0.1) is 5.39 Å². The maximum Gasteiger partial charge on any atom is 0.213 e. The minimum Gasteiger partial charge on any atom is -1.00 e. The van der Waals surface area contributed by atoms with Crippen LogP contribution >= 0.6 is 0 Å². The van der Waals surface area contributed by atoms with Crippen LogP contribution < -0.4 is 28.5 Å². The average Bonchev–Trinajstić information content (AvgIpc) is 2.54. The number of aryl methyl sites for hydroxylation is 1. The highest BCUT2D eigenvalue weighted by atomic mass is 127. The number of fused-ring (bicyclic) bond motifs is 1. The first-order chi connectivity index (χ1) is 10.3. The van der Waals surface area contributed by atoms with E-state index in [4.69, 9.17) is 0 Å². The summed E-state index contributed by atoms with van der Waals surface area (Å²) in [6.45, 7) is 3.11. The second-order valence-corrected chi connectivity index (χ2v) is 5.00. The van der Waals surface area contributed by atoms with Gasteiger partial charge in [-0.2, -0.15) is 4.57 Å². The van der Waals surface area contributed by atoms with E-state index in [0.29, 0.717) is 5.75 Å². The third-order valence-electron chi connectivity index (χ3n) is 3.65. The van der Waals surface area contributed by atoms with Crippen LogP contribution in [0.4, 0.5) is 0 Å². The molecule has 22 heavy (non-hydrogen) atoms. The number of nitrogens with zero attached hydrogens (tertiary/aromatic N) is 1. The van der Waals surface area contributed by atoms with Crippen LogP contribution in [-0.2, 0) is 6.54 Å². The van der Waals surface area contributed by atoms with Gasteiger partial charge in [0.15, 0.2) is 6.20 Å². The maximum atomic E-state index is 9.31. The van der Waals surface area contributed by atoms with Crippen LogP contribution in [0.5, 0.6) is 5.75 Å². The van der Waals surface area contributed by atoms with Gasteiger partial charge in [0.2, 0.25) is 5.52 Å². The Hall–Kier alpha value is -1.88. The highest BCUT2D eigenvalue weighted by molar-refractivity contribution is 5.88. The molecule has 3 heteroatoms. The van der Waals surface area contributed by atoms with Crippen molar-refractivity contribution in [2.75, 3.05) is 0 Å². The normalized spacial score (nSPS) is 10.8. The molecule has 0 radical (unpaired) electrons. The number of hydrogen-bond acceptors (Lipinski definition) is 1. The van der Waals surface area contributed by atoms with Crippen molar-refractivity contribution in [3.8, 4) is 5.75 Å². The summed E-state index contributed by atoms with van der Waals surface area (Å²) in [6.07, 6.45) is 6.31. The van der Waals surface area contributed by atoms with Crippen LogP contribution in [0.1, 0.15) is 18.1 Å². The summed E-state index contributed by atoms with van der Waals surface area (Å²) in [7, 11) is 0. The Bertz CT molecular complexity index is 794. The first-order valence-corrected chi connectivity index (χ1v) is 7.16. The third-order valence-corrected chi connectivity index (χ3v) is 3.65. The molecule has 0 fully saturated rings. The van der Waals surface area contributed by atoms with Gasteiger partial charge >= 0.3 is 0 Å². The summed E-state index contributed by atoms with van der Waals surface area (Å²) < 4.78 is 2.24. The van der Waals surface area contributed by atoms with Gasteiger partial charge in [-0.3, -0.25) is 0 Å². The number of para-hydroxylation sites is 1. The number of aromatic nitrogens is 1. The van der Waals surface area contributed by atoms with Crippen molar-refractivity contribution in [2.45, 2.75) is 13.5 Å². The average molecular weight is 403 g/mol. The molecule has 112 valence electrons. The quantitative estimate of drug-likeness (QED) is 0.513. The van der Waals surface area contributed by atoms with E-state index in [9.17, 15) is 5.11 Å². The number of phenolic OH excluding ortho intramolecular Hbond substituents is 1. The summed E-state index contributed by atoms with van der Waals surface area (Å²) in [5, 5.41) is 10.6. The fraction of sp³-hybridized carbons (Fsp3) is 0.105. The molecule has 0 aliphatic heterocycles. The van der Waals surface area contributed by atoms with Crippen LogP contribution in [0.2, 0.25) is 0 Å². The SMILES string of the molecule is CC[n+]1ccc(/C=C/c2ccc(O)cc2)c2ccccc21.[I-]. The Morgan fingerprint density at radius 2 is 1.68 bits per heavy atom. The Labute approximate surface area is 147 Å². The van der Waals surface area contributed by atoms with E-state index < -0.39 is 0 Å². The zero-order valence-corrected chi connectivity index (χ0v) is 14.6. The fourth-order valence-electron chi connectivity index (χ4n) is 2.50. The molecule has 0 atom stereocenters. The second kappa shape index (κ2) is 7.40. The molecule has 0 saturated carbocycles. The van der Waals surface area contributed by atoms with Gasteiger partial charge in [-0.05, 0) is 36.2 Å². The van der Waals surface area contributed by atoms with Gasteiger partial charge in [-0.15, -0.1) is 0 Å². The zero-order valence-electron chi connectivity index (χ0n) is 12.4. The Morgan fingerprint density at radius 3 is 2.41 bits per heavy atom. The van der Waals surface area contributed by atoms with Crippen molar-refractivity contribution < 1.29 is 33.7 Å². The highest BCUT2D eigenvalue weighted by Gasteiger charge is 2.08. The van der Waals surface area contributed by atoms with E-state index in [2.05, 4.69) is 60.2 Å². The fourth-order valence-corrected chi connectivity index (χ4v) is 2.50. The number of hydrogen-bond donors (Lipinski definition) is 1. The molecule has 0 bridgehead atoms. The van der Waals surface area contributed by atoms with Gasteiger partial charge in [-0.1, -0.05) is 36.4 Å². The largest absolute Gasteiger partial charge is 1.00 e. The zero-order chi connectivity index (χ0) is 14.7. The lowest BCUT2D eigenvalue weighted by molar-refractivity contribution is -0.667. The van der Waals surface area contributed by atoms with E-state index in [1.165, 1.54) is 16.5 Å². The van der Waals surface area contributed by atoms with Crippen molar-refractivity contribution in [1.82, 2.24) is 0 Å². The van der Waals surface area contributed by atoms with Crippen LogP contribution in [0.15, 0.2) is 60.8 Å². The van der Waals surface area contributed by atoms with Gasteiger partial charge < -0.3 is 29.1 Å². The minimum atomic E-state index is 0. The summed E-state index contributed by atoms with van der Waals surface area (Å²) in [5.41, 5.74) is 3.51. The Balaban J connectivity index is 0.00000176. The molecular weight excluding hydrogens is 385 g/mol. The molecule has 3 aromatic rings. The van der Waals surface area contributed by atoms with Gasteiger partial charge in [0.1, 0.15) is 12.3 Å². The predicted octanol–water partition coefficient (Wildman–Crippen LogP) is 1.03. The molecule has 0 aliphatic carbocycles. The smallest absolute Gasteiger partial charge is 0.213 e. The topological polar surface area (TPSA) is 24.1 Å². The van der Waals surface area contributed by atoms with Crippen molar-refractivity contribution in [3.63, 3.8) is 0 Å². The number of rotatable bonds is 3. The Kier molecular flexibility index (Phi) is 5.55. The number of benzene rings is 2. The van der Waals surface area contributed by atoms with Gasteiger partial charge in [0, 0.05) is 12.1 Å².